The van der Waals surface area contributed by atoms with Crippen molar-refractivity contribution >= 4 is 36.0 Å². The van der Waals surface area contributed by atoms with Crippen LogP contribution >= 0.6 is 12.4 Å². The summed E-state index contributed by atoms with van der Waals surface area (Å²) in [5.74, 6) is 2.31. The average Bonchev–Trinajstić information content (AvgIpc) is 3.20. The Morgan fingerprint density at radius 2 is 2.23 bits per heavy atom. The first-order valence-corrected chi connectivity index (χ1v) is 8.58. The molecule has 1 heterocycles. The van der Waals surface area contributed by atoms with Gasteiger partial charge >= 0.3 is 6.09 Å². The van der Waals surface area contributed by atoms with Crippen LogP contribution in [-0.2, 0) is 4.74 Å². The van der Waals surface area contributed by atoms with Gasteiger partial charge in [0.25, 0.3) is 0 Å². The molecule has 0 radical (unpaired) electrons. The van der Waals surface area contributed by atoms with Crippen LogP contribution in [-0.4, -0.2) is 29.7 Å². The zero-order chi connectivity index (χ0) is 17.6. The number of nitriles is 1. The summed E-state index contributed by atoms with van der Waals surface area (Å²) in [6.45, 7) is 2.04. The highest BCUT2D eigenvalue weighted by Gasteiger charge is 2.39. The number of amides is 1. The Morgan fingerprint density at radius 3 is 2.81 bits per heavy atom. The monoisotopic (exact) mass is 378 g/mol. The molecule has 2 aliphatic rings. The summed E-state index contributed by atoms with van der Waals surface area (Å²) in [4.78, 5) is 19.4. The number of hydrogen-bond donors (Lipinski definition) is 3. The molecular formula is C17H23ClN6O2. The van der Waals surface area contributed by atoms with E-state index in [9.17, 15) is 4.79 Å². The molecule has 2 aliphatic carbocycles. The highest BCUT2D eigenvalue weighted by molar-refractivity contribution is 5.94. The Morgan fingerprint density at radius 1 is 1.38 bits per heavy atom. The first kappa shape index (κ1) is 19.8. The second-order valence-corrected chi connectivity index (χ2v) is 6.39. The predicted octanol–water partition coefficient (Wildman–Crippen LogP) is 3.10. The Kier molecular flexibility index (Phi) is 7.04. The standard InChI is InChI=1S/C17H22N6O2.ClH/c1-2-25-17(24)23-15-6-5-13(9-19-15)21-16(20-10-18)22-14-8-11-3-4-12(14)7-11;/h5-6,9,11-12,14H,2-4,7-8H2,1H3,(H,19,23,24)(H2,20,21,22);1H. The molecule has 3 unspecified atom stereocenters. The molecule has 140 valence electrons. The lowest BCUT2D eigenvalue weighted by atomic mass is 9.95. The maximum Gasteiger partial charge on any atom is 0.412 e. The smallest absolute Gasteiger partial charge is 0.412 e. The van der Waals surface area contributed by atoms with E-state index < -0.39 is 6.09 Å². The van der Waals surface area contributed by atoms with Crippen LogP contribution in [0.15, 0.2) is 23.3 Å². The van der Waals surface area contributed by atoms with E-state index in [1.54, 1.807) is 25.3 Å². The molecule has 2 saturated carbocycles. The van der Waals surface area contributed by atoms with Gasteiger partial charge in [0.05, 0.1) is 18.5 Å². The van der Waals surface area contributed by atoms with Gasteiger partial charge in [0.1, 0.15) is 5.82 Å². The fraction of sp³-hybridized carbons (Fsp3) is 0.529. The lowest BCUT2D eigenvalue weighted by Gasteiger charge is -2.24. The van der Waals surface area contributed by atoms with Gasteiger partial charge in [0.2, 0.25) is 12.2 Å². The van der Waals surface area contributed by atoms with Crippen LogP contribution in [0.25, 0.3) is 0 Å². The summed E-state index contributed by atoms with van der Waals surface area (Å²) >= 11 is 0. The number of aromatic nitrogens is 1. The number of fused-ring (bicyclic) bond motifs is 2. The number of nitrogens with zero attached hydrogens (tertiary/aromatic N) is 3. The summed E-state index contributed by atoms with van der Waals surface area (Å²) in [5, 5.41) is 17.9. The molecule has 1 aromatic heterocycles. The fourth-order valence-corrected chi connectivity index (χ4v) is 3.69. The molecule has 0 aliphatic heterocycles. The minimum absolute atomic E-state index is 0. The highest BCUT2D eigenvalue weighted by atomic mass is 35.5. The van der Waals surface area contributed by atoms with Gasteiger partial charge < -0.3 is 15.4 Å². The minimum atomic E-state index is -0.541. The van der Waals surface area contributed by atoms with E-state index in [0.717, 1.165) is 12.3 Å². The van der Waals surface area contributed by atoms with Crippen LogP contribution in [0.1, 0.15) is 32.6 Å². The van der Waals surface area contributed by atoms with E-state index in [0.29, 0.717) is 36.0 Å². The molecule has 26 heavy (non-hydrogen) atoms. The zero-order valence-corrected chi connectivity index (χ0v) is 15.4. The molecule has 3 N–H and O–H groups in total. The van der Waals surface area contributed by atoms with Crippen molar-refractivity contribution in [2.45, 2.75) is 38.6 Å². The molecular weight excluding hydrogens is 356 g/mol. The number of guanidine groups is 1. The molecule has 0 spiro atoms. The van der Waals surface area contributed by atoms with Crippen molar-refractivity contribution in [1.29, 1.82) is 5.26 Å². The van der Waals surface area contributed by atoms with Gasteiger partial charge in [-0.2, -0.15) is 5.26 Å². The first-order valence-electron chi connectivity index (χ1n) is 8.58. The summed E-state index contributed by atoms with van der Waals surface area (Å²) in [7, 11) is 0. The topological polar surface area (TPSA) is 111 Å². The van der Waals surface area contributed by atoms with Crippen LogP contribution in [0.5, 0.6) is 0 Å². The second-order valence-electron chi connectivity index (χ2n) is 6.39. The van der Waals surface area contributed by atoms with Crippen LogP contribution < -0.4 is 16.0 Å². The number of nitrogens with one attached hydrogen (secondary N) is 3. The molecule has 2 fully saturated rings. The lowest BCUT2D eigenvalue weighted by molar-refractivity contribution is 0.168. The first-order chi connectivity index (χ1) is 12.2. The maximum atomic E-state index is 11.4. The third kappa shape index (κ3) is 4.99. The van der Waals surface area contributed by atoms with Crippen molar-refractivity contribution in [3.8, 4) is 6.19 Å². The molecule has 1 amide bonds. The molecule has 0 saturated heterocycles. The summed E-state index contributed by atoms with van der Waals surface area (Å²) < 4.78 is 4.80. The normalized spacial score (nSPS) is 23.5. The number of ether oxygens (including phenoxy) is 1. The highest BCUT2D eigenvalue weighted by Crippen LogP contribution is 2.44. The molecule has 8 nitrogen and oxygen atoms in total. The number of carbonyl (C=O) groups excluding carboxylic acids is 1. The van der Waals surface area contributed by atoms with Crippen molar-refractivity contribution in [3.63, 3.8) is 0 Å². The van der Waals surface area contributed by atoms with Crippen molar-refractivity contribution < 1.29 is 9.53 Å². The van der Waals surface area contributed by atoms with Crippen molar-refractivity contribution in [3.05, 3.63) is 18.3 Å². The number of aliphatic imine (C=N–C) groups is 1. The molecule has 3 rings (SSSR count). The summed E-state index contributed by atoms with van der Waals surface area (Å²) in [6, 6.07) is 3.78. The predicted molar refractivity (Wildman–Crippen MR) is 101 cm³/mol. The van der Waals surface area contributed by atoms with Crippen molar-refractivity contribution in [1.82, 2.24) is 10.3 Å². The third-order valence-electron chi connectivity index (χ3n) is 4.75. The average molecular weight is 379 g/mol. The van der Waals surface area contributed by atoms with Gasteiger partial charge in [-0.05, 0) is 50.2 Å². The van der Waals surface area contributed by atoms with Gasteiger partial charge in [-0.15, -0.1) is 17.4 Å². The van der Waals surface area contributed by atoms with Gasteiger partial charge in [0, 0.05) is 6.04 Å². The lowest BCUT2D eigenvalue weighted by Crippen LogP contribution is -2.42. The Labute approximate surface area is 158 Å². The van der Waals surface area contributed by atoms with E-state index >= 15 is 0 Å². The van der Waals surface area contributed by atoms with E-state index in [1.807, 2.05) is 6.19 Å². The van der Waals surface area contributed by atoms with E-state index in [4.69, 9.17) is 10.00 Å². The van der Waals surface area contributed by atoms with E-state index in [2.05, 4.69) is 25.9 Å². The second kappa shape index (κ2) is 9.25. The molecule has 3 atom stereocenters. The van der Waals surface area contributed by atoms with E-state index in [1.165, 1.54) is 19.3 Å². The van der Waals surface area contributed by atoms with Crippen LogP contribution in [0.4, 0.5) is 16.3 Å². The quantitative estimate of drug-likeness (QED) is 0.421. The number of halogens is 1. The SMILES string of the molecule is CCOC(=O)Nc1ccc(NC(=NC#N)NC2CC3CCC2C3)cn1.Cl. The van der Waals surface area contributed by atoms with Gasteiger partial charge in [-0.3, -0.25) is 5.32 Å². The van der Waals surface area contributed by atoms with Crippen LogP contribution in [0.2, 0.25) is 0 Å². The number of carbonyl (C=O) groups is 1. The van der Waals surface area contributed by atoms with Gasteiger partial charge in [0.15, 0.2) is 0 Å². The van der Waals surface area contributed by atoms with Crippen LogP contribution in [0.3, 0.4) is 0 Å². The Hall–Kier alpha value is -2.53. The van der Waals surface area contributed by atoms with Crippen LogP contribution in [0, 0.1) is 23.3 Å². The Bertz CT molecular complexity index is 687. The maximum absolute atomic E-state index is 11.4. The van der Waals surface area contributed by atoms with Gasteiger partial charge in [-0.1, -0.05) is 6.42 Å². The zero-order valence-electron chi connectivity index (χ0n) is 14.6. The van der Waals surface area contributed by atoms with Crippen molar-refractivity contribution in [2.24, 2.45) is 16.8 Å². The number of rotatable bonds is 4. The fourth-order valence-electron chi connectivity index (χ4n) is 3.69. The number of pyridine rings is 1. The summed E-state index contributed by atoms with van der Waals surface area (Å²) in [6.07, 6.45) is 7.83. The largest absolute Gasteiger partial charge is 0.450 e. The Balaban J connectivity index is 0.00000243. The minimum Gasteiger partial charge on any atom is -0.450 e. The molecule has 0 aromatic carbocycles. The third-order valence-corrected chi connectivity index (χ3v) is 4.75. The number of anilines is 2. The number of hydrogen-bond acceptors (Lipinski definition) is 5. The molecule has 1 aromatic rings. The van der Waals surface area contributed by atoms with E-state index in [-0.39, 0.29) is 12.4 Å². The molecule has 2 bridgehead atoms. The van der Waals surface area contributed by atoms with Gasteiger partial charge in [-0.25, -0.2) is 9.78 Å². The molecule has 9 heteroatoms. The summed E-state index contributed by atoms with van der Waals surface area (Å²) in [5.41, 5.74) is 0.680. The van der Waals surface area contributed by atoms with Crippen molar-refractivity contribution in [2.75, 3.05) is 17.2 Å².